The van der Waals surface area contributed by atoms with Gasteiger partial charge in [0.1, 0.15) is 0 Å². The van der Waals surface area contributed by atoms with E-state index < -0.39 is 10.0 Å². The van der Waals surface area contributed by atoms with E-state index in [1.54, 1.807) is 24.3 Å². The SMILES string of the molecule is COC(=O)[C@H]1CC[C@H](NS(=O)(=O)c2ccc(Br)cc2)CC1. The van der Waals surface area contributed by atoms with Crippen LogP contribution in [0.25, 0.3) is 0 Å². The number of benzene rings is 1. The van der Waals surface area contributed by atoms with Crippen molar-refractivity contribution in [2.24, 2.45) is 5.92 Å². The Hall–Kier alpha value is -0.920. The van der Waals surface area contributed by atoms with Crippen LogP contribution in [0.3, 0.4) is 0 Å². The first kappa shape index (κ1) is 16.5. The van der Waals surface area contributed by atoms with Crippen LogP contribution in [0.1, 0.15) is 25.7 Å². The summed E-state index contributed by atoms with van der Waals surface area (Å²) in [6.07, 6.45) is 2.60. The average molecular weight is 376 g/mol. The molecule has 1 saturated carbocycles. The minimum absolute atomic E-state index is 0.108. The fraction of sp³-hybridized carbons (Fsp3) is 0.500. The monoisotopic (exact) mass is 375 g/mol. The van der Waals surface area contributed by atoms with E-state index in [2.05, 4.69) is 20.7 Å². The van der Waals surface area contributed by atoms with E-state index in [1.165, 1.54) is 7.11 Å². The van der Waals surface area contributed by atoms with E-state index >= 15 is 0 Å². The Kier molecular flexibility index (Phi) is 5.40. The van der Waals surface area contributed by atoms with Gasteiger partial charge in [0.15, 0.2) is 0 Å². The highest BCUT2D eigenvalue weighted by molar-refractivity contribution is 9.10. The summed E-state index contributed by atoms with van der Waals surface area (Å²) < 4.78 is 32.8. The van der Waals surface area contributed by atoms with Crippen LogP contribution in [0, 0.1) is 5.92 Å². The van der Waals surface area contributed by atoms with Crippen molar-refractivity contribution in [1.82, 2.24) is 4.72 Å². The van der Waals surface area contributed by atoms with Gasteiger partial charge >= 0.3 is 5.97 Å². The molecule has 0 bridgehead atoms. The molecule has 1 N–H and O–H groups in total. The van der Waals surface area contributed by atoms with Crippen molar-refractivity contribution in [3.05, 3.63) is 28.7 Å². The Labute approximate surface area is 133 Å². The predicted molar refractivity (Wildman–Crippen MR) is 82.2 cm³/mol. The lowest BCUT2D eigenvalue weighted by molar-refractivity contribution is -0.146. The van der Waals surface area contributed by atoms with Crippen LogP contribution in [-0.4, -0.2) is 27.5 Å². The number of hydrogen-bond acceptors (Lipinski definition) is 4. The molecular weight excluding hydrogens is 358 g/mol. The van der Waals surface area contributed by atoms with Crippen molar-refractivity contribution in [2.45, 2.75) is 36.6 Å². The van der Waals surface area contributed by atoms with Gasteiger partial charge in [-0.1, -0.05) is 15.9 Å². The summed E-state index contributed by atoms with van der Waals surface area (Å²) in [6.45, 7) is 0. The smallest absolute Gasteiger partial charge is 0.308 e. The highest BCUT2D eigenvalue weighted by Gasteiger charge is 2.29. The van der Waals surface area contributed by atoms with E-state index in [0.717, 1.165) is 4.47 Å². The van der Waals surface area contributed by atoms with Gasteiger partial charge in [-0.3, -0.25) is 4.79 Å². The first-order chi connectivity index (χ1) is 9.92. The van der Waals surface area contributed by atoms with Crippen molar-refractivity contribution in [1.29, 1.82) is 0 Å². The molecule has 1 aromatic carbocycles. The molecule has 1 fully saturated rings. The van der Waals surface area contributed by atoms with Gasteiger partial charge in [0.05, 0.1) is 17.9 Å². The highest BCUT2D eigenvalue weighted by atomic mass is 79.9. The molecule has 116 valence electrons. The maximum atomic E-state index is 12.3. The Morgan fingerprint density at radius 1 is 1.19 bits per heavy atom. The Morgan fingerprint density at radius 2 is 1.76 bits per heavy atom. The highest BCUT2D eigenvalue weighted by Crippen LogP contribution is 2.26. The number of esters is 1. The molecule has 2 rings (SSSR count). The Balaban J connectivity index is 1.96. The van der Waals surface area contributed by atoms with Crippen LogP contribution >= 0.6 is 15.9 Å². The molecule has 0 aliphatic heterocycles. The molecule has 0 radical (unpaired) electrons. The van der Waals surface area contributed by atoms with Crippen molar-refractivity contribution in [3.8, 4) is 0 Å². The fourth-order valence-electron chi connectivity index (χ4n) is 2.51. The predicted octanol–water partition coefficient (Wildman–Crippen LogP) is 2.46. The minimum Gasteiger partial charge on any atom is -0.469 e. The second-order valence-corrected chi connectivity index (χ2v) is 7.78. The van der Waals surface area contributed by atoms with E-state index in [1.807, 2.05) is 0 Å². The first-order valence-corrected chi connectivity index (χ1v) is 9.05. The van der Waals surface area contributed by atoms with Gasteiger partial charge in [0.25, 0.3) is 0 Å². The molecule has 0 unspecified atom stereocenters. The van der Waals surface area contributed by atoms with Gasteiger partial charge < -0.3 is 4.74 Å². The summed E-state index contributed by atoms with van der Waals surface area (Å²) in [5, 5.41) is 0. The first-order valence-electron chi connectivity index (χ1n) is 6.78. The molecule has 1 aliphatic carbocycles. The number of carbonyl (C=O) groups is 1. The third-order valence-electron chi connectivity index (χ3n) is 3.71. The van der Waals surface area contributed by atoms with Crippen LogP contribution in [0.4, 0.5) is 0 Å². The van der Waals surface area contributed by atoms with E-state index in [9.17, 15) is 13.2 Å². The molecule has 0 heterocycles. The van der Waals surface area contributed by atoms with E-state index in [0.29, 0.717) is 25.7 Å². The Morgan fingerprint density at radius 3 is 2.29 bits per heavy atom. The van der Waals surface area contributed by atoms with Crippen LogP contribution in [0.5, 0.6) is 0 Å². The number of methoxy groups -OCH3 is 1. The zero-order valence-electron chi connectivity index (χ0n) is 11.7. The zero-order chi connectivity index (χ0) is 15.5. The summed E-state index contributed by atoms with van der Waals surface area (Å²) in [4.78, 5) is 11.7. The molecule has 21 heavy (non-hydrogen) atoms. The summed E-state index contributed by atoms with van der Waals surface area (Å²) in [5.41, 5.74) is 0. The number of halogens is 1. The summed E-state index contributed by atoms with van der Waals surface area (Å²) >= 11 is 3.28. The minimum atomic E-state index is -3.51. The average Bonchev–Trinajstić information content (AvgIpc) is 2.47. The summed E-state index contributed by atoms with van der Waals surface area (Å²) in [7, 11) is -2.13. The lowest BCUT2D eigenvalue weighted by Gasteiger charge is -2.27. The maximum absolute atomic E-state index is 12.3. The van der Waals surface area contributed by atoms with Gasteiger partial charge in [0, 0.05) is 10.5 Å². The quantitative estimate of drug-likeness (QED) is 0.820. The molecule has 0 amide bonds. The number of nitrogens with one attached hydrogen (secondary N) is 1. The number of hydrogen-bond donors (Lipinski definition) is 1. The lowest BCUT2D eigenvalue weighted by Crippen LogP contribution is -2.38. The largest absolute Gasteiger partial charge is 0.469 e. The second-order valence-electron chi connectivity index (χ2n) is 5.15. The van der Waals surface area contributed by atoms with Crippen molar-refractivity contribution in [2.75, 3.05) is 7.11 Å². The molecule has 5 nitrogen and oxygen atoms in total. The normalized spacial score (nSPS) is 22.8. The molecule has 0 spiro atoms. The lowest BCUT2D eigenvalue weighted by atomic mass is 9.86. The standard InChI is InChI=1S/C14H18BrNO4S/c1-20-14(17)10-2-6-12(7-3-10)16-21(18,19)13-8-4-11(15)5-9-13/h4-5,8-10,12,16H,2-3,6-7H2,1H3/t10-,12-. The van der Waals surface area contributed by atoms with Gasteiger partial charge in [-0.05, 0) is 49.9 Å². The molecule has 7 heteroatoms. The van der Waals surface area contributed by atoms with Gasteiger partial charge in [-0.2, -0.15) is 0 Å². The Bertz CT molecular complexity index is 592. The van der Waals surface area contributed by atoms with Crippen molar-refractivity contribution in [3.63, 3.8) is 0 Å². The van der Waals surface area contributed by atoms with Crippen LogP contribution in [0.2, 0.25) is 0 Å². The molecule has 0 aromatic heterocycles. The number of carbonyl (C=O) groups excluding carboxylic acids is 1. The molecule has 1 aromatic rings. The number of ether oxygens (including phenoxy) is 1. The summed E-state index contributed by atoms with van der Waals surface area (Å²) in [5.74, 6) is -0.312. The zero-order valence-corrected chi connectivity index (χ0v) is 14.1. The molecule has 1 aliphatic rings. The van der Waals surface area contributed by atoms with Gasteiger partial charge in [-0.25, -0.2) is 13.1 Å². The van der Waals surface area contributed by atoms with Gasteiger partial charge in [-0.15, -0.1) is 0 Å². The number of sulfonamides is 1. The topological polar surface area (TPSA) is 72.5 Å². The second kappa shape index (κ2) is 6.89. The van der Waals surface area contributed by atoms with Crippen LogP contribution in [0.15, 0.2) is 33.6 Å². The molecule has 0 atom stereocenters. The van der Waals surface area contributed by atoms with E-state index in [4.69, 9.17) is 4.74 Å². The number of rotatable bonds is 4. The van der Waals surface area contributed by atoms with Crippen molar-refractivity contribution < 1.29 is 17.9 Å². The third-order valence-corrected chi connectivity index (χ3v) is 5.77. The molecular formula is C14H18BrNO4S. The van der Waals surface area contributed by atoms with Crippen LogP contribution in [-0.2, 0) is 19.6 Å². The third kappa shape index (κ3) is 4.28. The van der Waals surface area contributed by atoms with E-state index in [-0.39, 0.29) is 22.8 Å². The molecule has 0 saturated heterocycles. The van der Waals surface area contributed by atoms with Crippen LogP contribution < -0.4 is 4.72 Å². The maximum Gasteiger partial charge on any atom is 0.308 e. The van der Waals surface area contributed by atoms with Crippen molar-refractivity contribution >= 4 is 31.9 Å². The summed E-state index contributed by atoms with van der Waals surface area (Å²) in [6, 6.07) is 6.39. The van der Waals surface area contributed by atoms with Gasteiger partial charge in [0.2, 0.25) is 10.0 Å². The fourth-order valence-corrected chi connectivity index (χ4v) is 4.08.